The van der Waals surface area contributed by atoms with Crippen molar-refractivity contribution in [3.8, 4) is 0 Å². The lowest BCUT2D eigenvalue weighted by Crippen LogP contribution is -2.44. The third-order valence-electron chi connectivity index (χ3n) is 1.47. The van der Waals surface area contributed by atoms with Gasteiger partial charge in [0.1, 0.15) is 0 Å². The van der Waals surface area contributed by atoms with Gasteiger partial charge in [0, 0.05) is 7.11 Å². The van der Waals surface area contributed by atoms with Gasteiger partial charge in [-0.1, -0.05) is 0 Å². The van der Waals surface area contributed by atoms with Crippen molar-refractivity contribution < 1.29 is 32.6 Å². The number of hydrogen-bond donors (Lipinski definition) is 2. The van der Waals surface area contributed by atoms with Gasteiger partial charge in [0.2, 0.25) is 5.91 Å². The molecule has 0 aromatic rings. The highest BCUT2D eigenvalue weighted by molar-refractivity contribution is 8.00. The Morgan fingerprint density at radius 2 is 2.06 bits per heavy atom. The molecule has 1 atom stereocenters. The van der Waals surface area contributed by atoms with E-state index in [2.05, 4.69) is 10.1 Å². The Kier molecular flexibility index (Phi) is 6.97. The first kappa shape index (κ1) is 16.0. The normalized spacial score (nSPS) is 13.2. The van der Waals surface area contributed by atoms with E-state index < -0.39 is 35.6 Å². The molecule has 5 nitrogen and oxygen atoms in total. The molecule has 0 rings (SSSR count). The van der Waals surface area contributed by atoms with Crippen LogP contribution >= 0.6 is 11.8 Å². The van der Waals surface area contributed by atoms with Crippen LogP contribution < -0.4 is 5.32 Å². The minimum Gasteiger partial charge on any atom is -0.480 e. The lowest BCUT2D eigenvalue weighted by Gasteiger charge is -2.13. The second-order valence-electron chi connectivity index (χ2n) is 3.02. The maximum atomic E-state index is 11.8. The maximum absolute atomic E-state index is 11.8. The third kappa shape index (κ3) is 8.81. The van der Waals surface area contributed by atoms with Crippen LogP contribution in [-0.4, -0.2) is 54.4 Å². The maximum Gasteiger partial charge on any atom is 0.397 e. The molecule has 0 aliphatic heterocycles. The van der Waals surface area contributed by atoms with E-state index >= 15 is 0 Å². The first-order valence-electron chi connectivity index (χ1n) is 4.42. The third-order valence-corrected chi connectivity index (χ3v) is 2.46. The number of aliphatic carboxylic acids is 1. The molecule has 0 aliphatic rings. The fraction of sp³-hybridized carbons (Fsp3) is 0.750. The Labute approximate surface area is 99.7 Å². The van der Waals surface area contributed by atoms with Crippen molar-refractivity contribution in [1.82, 2.24) is 5.32 Å². The van der Waals surface area contributed by atoms with Crippen LogP contribution in [0.3, 0.4) is 0 Å². The van der Waals surface area contributed by atoms with E-state index in [1.807, 2.05) is 0 Å². The Bertz CT molecular complexity index is 272. The predicted octanol–water partition coefficient (Wildman–Crippen LogP) is 0.498. The van der Waals surface area contributed by atoms with Crippen LogP contribution in [0.15, 0.2) is 0 Å². The number of carboxylic acids is 1. The highest BCUT2D eigenvalue weighted by atomic mass is 32.2. The molecule has 0 spiro atoms. The molecular formula is C8H12F3NO4S. The molecule has 0 aromatic carbocycles. The minimum absolute atomic E-state index is 0.245. The van der Waals surface area contributed by atoms with Crippen LogP contribution in [0.1, 0.15) is 0 Å². The van der Waals surface area contributed by atoms with Gasteiger partial charge >= 0.3 is 12.1 Å². The van der Waals surface area contributed by atoms with Gasteiger partial charge in [-0.15, -0.1) is 11.8 Å². The van der Waals surface area contributed by atoms with E-state index in [1.165, 1.54) is 7.11 Å². The molecular weight excluding hydrogens is 263 g/mol. The van der Waals surface area contributed by atoms with Crippen LogP contribution in [0.4, 0.5) is 13.2 Å². The summed E-state index contributed by atoms with van der Waals surface area (Å²) in [6.45, 7) is -0.245. The highest BCUT2D eigenvalue weighted by Gasteiger charge is 2.27. The number of carbonyl (C=O) groups is 2. The van der Waals surface area contributed by atoms with Crippen LogP contribution in [0.5, 0.6) is 0 Å². The number of halogens is 3. The van der Waals surface area contributed by atoms with Gasteiger partial charge in [-0.05, 0) is 0 Å². The van der Waals surface area contributed by atoms with Gasteiger partial charge in [0.15, 0.2) is 6.04 Å². The molecule has 1 unspecified atom stereocenters. The van der Waals surface area contributed by atoms with E-state index in [1.54, 1.807) is 0 Å². The van der Waals surface area contributed by atoms with Gasteiger partial charge in [0.05, 0.1) is 18.1 Å². The topological polar surface area (TPSA) is 75.6 Å². The summed E-state index contributed by atoms with van der Waals surface area (Å²) in [4.78, 5) is 21.7. The SMILES string of the molecule is COCC(NC(=O)CSCC(F)(F)F)C(=O)O. The molecule has 2 N–H and O–H groups in total. The molecule has 0 aliphatic carbocycles. The molecule has 100 valence electrons. The first-order chi connectivity index (χ1) is 7.76. The van der Waals surface area contributed by atoms with Crippen molar-refractivity contribution in [2.75, 3.05) is 25.2 Å². The smallest absolute Gasteiger partial charge is 0.397 e. The summed E-state index contributed by atoms with van der Waals surface area (Å²) < 4.78 is 39.8. The fourth-order valence-corrected chi connectivity index (χ4v) is 1.44. The quantitative estimate of drug-likeness (QED) is 0.707. The summed E-state index contributed by atoms with van der Waals surface area (Å²) in [5, 5.41) is 10.7. The molecule has 1 amide bonds. The fourth-order valence-electron chi connectivity index (χ4n) is 0.837. The number of thioether (sulfide) groups is 1. The van der Waals surface area contributed by atoms with Gasteiger partial charge in [-0.25, -0.2) is 4.79 Å². The van der Waals surface area contributed by atoms with Crippen LogP contribution in [0, 0.1) is 0 Å². The zero-order valence-corrected chi connectivity index (χ0v) is 9.73. The van der Waals surface area contributed by atoms with E-state index in [9.17, 15) is 22.8 Å². The monoisotopic (exact) mass is 275 g/mol. The number of carbonyl (C=O) groups excluding carboxylic acids is 1. The van der Waals surface area contributed by atoms with Gasteiger partial charge in [-0.2, -0.15) is 13.2 Å². The molecule has 0 radical (unpaired) electrons. The summed E-state index contributed by atoms with van der Waals surface area (Å²) in [6, 6.07) is -1.25. The lowest BCUT2D eigenvalue weighted by atomic mass is 10.3. The van der Waals surface area contributed by atoms with Crippen LogP contribution in [0.2, 0.25) is 0 Å². The molecule has 0 aromatic heterocycles. The average molecular weight is 275 g/mol. The highest BCUT2D eigenvalue weighted by Crippen LogP contribution is 2.20. The Hall–Kier alpha value is -0.960. The number of methoxy groups -OCH3 is 1. The number of carboxylic acid groups (broad SMARTS) is 1. The van der Waals surface area contributed by atoms with Crippen molar-refractivity contribution in [3.63, 3.8) is 0 Å². The number of amides is 1. The Morgan fingerprint density at radius 1 is 1.47 bits per heavy atom. The number of ether oxygens (including phenoxy) is 1. The number of alkyl halides is 3. The summed E-state index contributed by atoms with van der Waals surface area (Å²) in [5.41, 5.74) is 0. The van der Waals surface area contributed by atoms with Gasteiger partial charge in [0.25, 0.3) is 0 Å². The van der Waals surface area contributed by atoms with E-state index in [0.29, 0.717) is 11.8 Å². The van der Waals surface area contributed by atoms with E-state index in [0.717, 1.165) is 0 Å². The number of rotatable bonds is 7. The van der Waals surface area contributed by atoms with Gasteiger partial charge in [-0.3, -0.25) is 4.79 Å². The molecule has 9 heteroatoms. The first-order valence-corrected chi connectivity index (χ1v) is 5.57. The van der Waals surface area contributed by atoms with Crippen molar-refractivity contribution in [2.24, 2.45) is 0 Å². The van der Waals surface area contributed by atoms with Crippen molar-refractivity contribution in [3.05, 3.63) is 0 Å². The molecule has 0 saturated heterocycles. The number of nitrogens with one attached hydrogen (secondary N) is 1. The molecule has 0 heterocycles. The van der Waals surface area contributed by atoms with Crippen LogP contribution in [0.25, 0.3) is 0 Å². The van der Waals surface area contributed by atoms with E-state index in [4.69, 9.17) is 5.11 Å². The van der Waals surface area contributed by atoms with Crippen molar-refractivity contribution in [2.45, 2.75) is 12.2 Å². The van der Waals surface area contributed by atoms with E-state index in [-0.39, 0.29) is 6.61 Å². The number of hydrogen-bond acceptors (Lipinski definition) is 4. The predicted molar refractivity (Wildman–Crippen MR) is 54.8 cm³/mol. The van der Waals surface area contributed by atoms with Crippen LogP contribution in [-0.2, 0) is 14.3 Å². The molecule has 0 bridgehead atoms. The zero-order valence-electron chi connectivity index (χ0n) is 8.91. The standard InChI is InChI=1S/C8H12F3NO4S/c1-16-2-5(7(14)15)12-6(13)3-17-4-8(9,10)11/h5H,2-4H2,1H3,(H,12,13)(H,14,15). The van der Waals surface area contributed by atoms with Gasteiger partial charge < -0.3 is 15.2 Å². The van der Waals surface area contributed by atoms with Crippen molar-refractivity contribution in [1.29, 1.82) is 0 Å². The Balaban J connectivity index is 3.95. The largest absolute Gasteiger partial charge is 0.480 e. The molecule has 0 fully saturated rings. The summed E-state index contributed by atoms with van der Waals surface area (Å²) in [5.74, 6) is -3.68. The molecule has 17 heavy (non-hydrogen) atoms. The summed E-state index contributed by atoms with van der Waals surface area (Å²) in [7, 11) is 1.25. The second-order valence-corrected chi connectivity index (χ2v) is 4.01. The average Bonchev–Trinajstić information content (AvgIpc) is 2.14. The summed E-state index contributed by atoms with van der Waals surface area (Å²) in [6.07, 6.45) is -4.34. The molecule has 0 saturated carbocycles. The second kappa shape index (κ2) is 7.38. The van der Waals surface area contributed by atoms with Crippen molar-refractivity contribution >= 4 is 23.6 Å². The lowest BCUT2D eigenvalue weighted by molar-refractivity contribution is -0.143. The minimum atomic E-state index is -4.34. The zero-order chi connectivity index (χ0) is 13.5. The Morgan fingerprint density at radius 3 is 2.47 bits per heavy atom. The summed E-state index contributed by atoms with van der Waals surface area (Å²) >= 11 is 0.369.